The topological polar surface area (TPSA) is 35.5 Å². The maximum absolute atomic E-state index is 11.9. The summed E-state index contributed by atoms with van der Waals surface area (Å²) in [6, 6.07) is 0. The van der Waals surface area contributed by atoms with Crippen LogP contribution in [0.25, 0.3) is 0 Å². The zero-order valence-corrected chi connectivity index (χ0v) is 16.1. The van der Waals surface area contributed by atoms with Crippen LogP contribution < -0.4 is 0 Å². The first-order chi connectivity index (χ1) is 8.68. The molecule has 0 saturated heterocycles. The summed E-state index contributed by atoms with van der Waals surface area (Å²) < 4.78 is 22.7. The van der Waals surface area contributed by atoms with Gasteiger partial charge in [-0.2, -0.15) is 11.8 Å². The van der Waals surface area contributed by atoms with E-state index in [1.165, 1.54) is 11.4 Å². The third-order valence-electron chi connectivity index (χ3n) is 1.26. The molecule has 7 heteroatoms. The second-order valence-electron chi connectivity index (χ2n) is 5.31. The van der Waals surface area contributed by atoms with E-state index in [4.69, 9.17) is 9.05 Å². The first kappa shape index (κ1) is 22.7. The van der Waals surface area contributed by atoms with Crippen molar-refractivity contribution in [3.8, 4) is 0 Å². The van der Waals surface area contributed by atoms with Crippen molar-refractivity contribution >= 4 is 47.7 Å². The standard InChI is InChI=1S/C8H19O3PS2.C4H9.Li/c1-4-10-12(9,11-5-2)14-8-7-13-6-3;1-4(2)3;/h4-8H2,1-3H3;1-3H3;. The number of hydrogen-bond acceptors (Lipinski definition) is 5. The Morgan fingerprint density at radius 1 is 1.05 bits per heavy atom. The monoisotopic (exact) mass is 322 g/mol. The molecule has 0 spiro atoms. The third-order valence-corrected chi connectivity index (χ3v) is 6.40. The third kappa shape index (κ3) is 21.9. The van der Waals surface area contributed by atoms with Gasteiger partial charge in [0.15, 0.2) is 0 Å². The van der Waals surface area contributed by atoms with Gasteiger partial charge in [0, 0.05) is 11.5 Å². The van der Waals surface area contributed by atoms with Crippen LogP contribution in [0.3, 0.4) is 0 Å². The molecule has 0 bridgehead atoms. The van der Waals surface area contributed by atoms with E-state index in [0.29, 0.717) is 17.3 Å². The van der Waals surface area contributed by atoms with E-state index in [-0.39, 0.29) is 0 Å². The van der Waals surface area contributed by atoms with Crippen LogP contribution in [0, 0.1) is 0 Å². The molecule has 0 N–H and O–H groups in total. The minimum absolute atomic E-state index is 0.436. The van der Waals surface area contributed by atoms with Crippen molar-refractivity contribution in [1.29, 1.82) is 0 Å². The van der Waals surface area contributed by atoms with Crippen molar-refractivity contribution in [2.24, 2.45) is 0 Å². The molecule has 0 unspecified atom stereocenters. The molecule has 19 heavy (non-hydrogen) atoms. The predicted molar refractivity (Wildman–Crippen MR) is 91.8 cm³/mol. The average Bonchev–Trinajstić information content (AvgIpc) is 2.23. The zero-order chi connectivity index (χ0) is 15.4. The van der Waals surface area contributed by atoms with Gasteiger partial charge in [-0.25, -0.2) is 4.57 Å². The van der Waals surface area contributed by atoms with E-state index >= 15 is 0 Å². The van der Waals surface area contributed by atoms with Gasteiger partial charge in [-0.15, -0.1) is 0 Å². The molecule has 0 aromatic heterocycles. The molecule has 3 nitrogen and oxygen atoms in total. The summed E-state index contributed by atoms with van der Waals surface area (Å²) in [5, 5.41) is 0. The Labute approximate surface area is 137 Å². The molecule has 0 atom stereocenters. The molecule has 0 amide bonds. The molecule has 112 valence electrons. The number of rotatable bonds is 9. The van der Waals surface area contributed by atoms with Crippen LogP contribution in [0.5, 0.6) is 0 Å². The average molecular weight is 322 g/mol. The molecule has 0 rings (SSSR count). The van der Waals surface area contributed by atoms with E-state index in [2.05, 4.69) is 45.4 Å². The predicted octanol–water partition coefficient (Wildman–Crippen LogP) is 5.03. The summed E-state index contributed by atoms with van der Waals surface area (Å²) in [4.78, 5) is 0. The van der Waals surface area contributed by atoms with Gasteiger partial charge in [0.1, 0.15) is 0 Å². The fourth-order valence-corrected chi connectivity index (χ4v) is 5.34. The van der Waals surface area contributed by atoms with Crippen LogP contribution in [0.1, 0.15) is 41.5 Å². The van der Waals surface area contributed by atoms with Crippen molar-refractivity contribution in [2.75, 3.05) is 30.5 Å². The molecule has 0 aromatic rings. The first-order valence-corrected chi connectivity index (χ1v) is 11.1. The maximum atomic E-state index is 11.9. The van der Waals surface area contributed by atoms with Gasteiger partial charge in [-0.1, -0.05) is 6.92 Å². The van der Waals surface area contributed by atoms with Gasteiger partial charge in [0.2, 0.25) is 0 Å². The summed E-state index contributed by atoms with van der Waals surface area (Å²) in [7, 11) is 0. The molecule has 0 heterocycles. The quantitative estimate of drug-likeness (QED) is 0.338. The molecular formula is C12H28LiO3PS2. The Kier molecular flexibility index (Phi) is 15.7. The van der Waals surface area contributed by atoms with Gasteiger partial charge in [-0.05, 0) is 31.0 Å². The second kappa shape index (κ2) is 13.1. The summed E-state index contributed by atoms with van der Waals surface area (Å²) in [6.07, 6.45) is 0. The van der Waals surface area contributed by atoms with Crippen molar-refractivity contribution in [2.45, 2.75) is 45.6 Å². The van der Waals surface area contributed by atoms with Gasteiger partial charge in [0.25, 0.3) is 0 Å². The van der Waals surface area contributed by atoms with Crippen LogP contribution >= 0.6 is 29.9 Å². The number of hydrogen-bond donors (Lipinski definition) is 0. The molecule has 0 saturated carbocycles. The molecule has 0 aliphatic rings. The minimum atomic E-state index is -2.86. The van der Waals surface area contributed by atoms with Crippen LogP contribution in [-0.4, -0.2) is 48.2 Å². The summed E-state index contributed by atoms with van der Waals surface area (Å²) in [5.41, 5.74) is 0. The van der Waals surface area contributed by atoms with E-state index in [0.717, 1.165) is 17.3 Å². The van der Waals surface area contributed by atoms with E-state index in [9.17, 15) is 4.57 Å². The van der Waals surface area contributed by atoms with Crippen molar-refractivity contribution in [3.63, 3.8) is 0 Å². The second-order valence-corrected chi connectivity index (χ2v) is 10.9. The summed E-state index contributed by atoms with van der Waals surface area (Å²) in [6.45, 7) is 10.3. The molecular weight excluding hydrogens is 294 g/mol. The van der Waals surface area contributed by atoms with Crippen LogP contribution in [-0.2, 0) is 13.6 Å². The Morgan fingerprint density at radius 3 is 1.79 bits per heavy atom. The Morgan fingerprint density at radius 2 is 1.47 bits per heavy atom. The van der Waals surface area contributed by atoms with E-state index in [1.54, 1.807) is 0 Å². The Bertz CT molecular complexity index is 232. The van der Waals surface area contributed by atoms with E-state index in [1.807, 2.05) is 25.6 Å². The Balaban J connectivity index is 0. The fourth-order valence-electron chi connectivity index (χ4n) is 0.780. The molecule has 0 radical (unpaired) electrons. The SMILES string of the molecule is CCOP(=O)(OCC)SCCSCC.[Li][C](C)(C)C. The fraction of sp³-hybridized carbons (Fsp3) is 1.00. The normalized spacial score (nSPS) is 12.0. The van der Waals surface area contributed by atoms with Crippen LogP contribution in [0.4, 0.5) is 0 Å². The van der Waals surface area contributed by atoms with Gasteiger partial charge >= 0.3 is 49.4 Å². The number of thioether (sulfide) groups is 1. The first-order valence-electron chi connectivity index (χ1n) is 6.79. The van der Waals surface area contributed by atoms with Crippen molar-refractivity contribution < 1.29 is 13.6 Å². The summed E-state index contributed by atoms with van der Waals surface area (Å²) >= 11 is 5.32. The van der Waals surface area contributed by atoms with Gasteiger partial charge in [0.05, 0.1) is 13.2 Å². The van der Waals surface area contributed by atoms with Crippen LogP contribution in [0.2, 0.25) is 4.09 Å². The van der Waals surface area contributed by atoms with Gasteiger partial charge in [-0.3, -0.25) is 0 Å². The van der Waals surface area contributed by atoms with Gasteiger partial charge < -0.3 is 9.05 Å². The zero-order valence-electron chi connectivity index (χ0n) is 13.5. The molecule has 0 aromatic carbocycles. The van der Waals surface area contributed by atoms with Crippen molar-refractivity contribution in [3.05, 3.63) is 0 Å². The van der Waals surface area contributed by atoms with Crippen LogP contribution in [0.15, 0.2) is 0 Å². The summed E-state index contributed by atoms with van der Waals surface area (Å²) in [5.74, 6) is 2.90. The van der Waals surface area contributed by atoms with E-state index < -0.39 is 6.80 Å². The molecule has 0 aliphatic carbocycles. The molecule has 0 aliphatic heterocycles. The Hall–Kier alpha value is 1.45. The molecule has 0 fully saturated rings. The van der Waals surface area contributed by atoms with Crippen molar-refractivity contribution in [1.82, 2.24) is 0 Å².